The summed E-state index contributed by atoms with van der Waals surface area (Å²) in [5, 5.41) is 6.85. The molecule has 0 spiro atoms. The van der Waals surface area contributed by atoms with Gasteiger partial charge in [-0.1, -0.05) is 12.1 Å². The maximum absolute atomic E-state index is 6.34. The minimum atomic E-state index is 0.297. The molecule has 2 N–H and O–H groups in total. The highest BCUT2D eigenvalue weighted by Crippen LogP contribution is 2.35. The van der Waals surface area contributed by atoms with Crippen molar-refractivity contribution < 1.29 is 9.47 Å². The predicted octanol–water partition coefficient (Wildman–Crippen LogP) is 3.95. The lowest BCUT2D eigenvalue weighted by Crippen LogP contribution is -2.38. The molecule has 168 valence electrons. The zero-order valence-electron chi connectivity index (χ0n) is 18.9. The molecule has 30 heavy (non-hydrogen) atoms. The first-order valence-corrected chi connectivity index (χ1v) is 11.9. The van der Waals surface area contributed by atoms with Crippen molar-refractivity contribution in [3.8, 4) is 11.5 Å². The molecule has 0 bridgehead atoms. The van der Waals surface area contributed by atoms with E-state index in [0.29, 0.717) is 12.6 Å². The van der Waals surface area contributed by atoms with Crippen LogP contribution in [0.25, 0.3) is 0 Å². The van der Waals surface area contributed by atoms with Gasteiger partial charge >= 0.3 is 0 Å². The third kappa shape index (κ3) is 7.08. The van der Waals surface area contributed by atoms with Gasteiger partial charge in [-0.05, 0) is 84.0 Å². The van der Waals surface area contributed by atoms with Crippen molar-refractivity contribution in [2.45, 2.75) is 70.9 Å². The van der Waals surface area contributed by atoms with E-state index in [9.17, 15) is 0 Å². The van der Waals surface area contributed by atoms with Crippen LogP contribution >= 0.6 is 0 Å². The van der Waals surface area contributed by atoms with E-state index in [1.54, 1.807) is 7.11 Å². The van der Waals surface area contributed by atoms with Gasteiger partial charge in [0.15, 0.2) is 17.5 Å². The van der Waals surface area contributed by atoms with E-state index in [1.165, 1.54) is 51.7 Å². The molecule has 0 atom stereocenters. The Kier molecular flexibility index (Phi) is 9.61. The molecule has 1 aliphatic carbocycles. The Morgan fingerprint density at radius 2 is 1.90 bits per heavy atom. The van der Waals surface area contributed by atoms with Gasteiger partial charge in [-0.3, -0.25) is 0 Å². The average Bonchev–Trinajstić information content (AvgIpc) is 3.46. The van der Waals surface area contributed by atoms with E-state index in [2.05, 4.69) is 28.5 Å². The largest absolute Gasteiger partial charge is 0.493 e. The number of rotatable bonds is 11. The minimum Gasteiger partial charge on any atom is -0.493 e. The van der Waals surface area contributed by atoms with Crippen molar-refractivity contribution in [2.75, 3.05) is 39.8 Å². The van der Waals surface area contributed by atoms with Crippen molar-refractivity contribution in [3.05, 3.63) is 23.8 Å². The van der Waals surface area contributed by atoms with Crippen LogP contribution < -0.4 is 20.1 Å². The van der Waals surface area contributed by atoms with E-state index in [0.717, 1.165) is 55.4 Å². The Morgan fingerprint density at radius 3 is 2.63 bits per heavy atom. The number of para-hydroxylation sites is 1. The number of ether oxygens (including phenoxy) is 2. The number of methoxy groups -OCH3 is 1. The van der Waals surface area contributed by atoms with Crippen LogP contribution in [-0.2, 0) is 6.54 Å². The molecule has 2 aliphatic rings. The Labute approximate surface area is 182 Å². The topological polar surface area (TPSA) is 58.1 Å². The maximum atomic E-state index is 6.34. The molecule has 0 amide bonds. The van der Waals surface area contributed by atoms with Gasteiger partial charge in [-0.15, -0.1) is 0 Å². The number of hydrogen-bond acceptors (Lipinski definition) is 4. The maximum Gasteiger partial charge on any atom is 0.191 e. The molecule has 1 heterocycles. The highest BCUT2D eigenvalue weighted by Gasteiger charge is 2.20. The van der Waals surface area contributed by atoms with Gasteiger partial charge in [0, 0.05) is 18.7 Å². The van der Waals surface area contributed by atoms with Crippen LogP contribution in [-0.4, -0.2) is 56.8 Å². The fourth-order valence-corrected chi connectivity index (χ4v) is 4.33. The number of nitrogens with one attached hydrogen (secondary N) is 2. The van der Waals surface area contributed by atoms with Crippen LogP contribution in [0.3, 0.4) is 0 Å². The first-order valence-electron chi connectivity index (χ1n) is 11.9. The number of unbranched alkanes of at least 4 members (excludes halogenated alkanes) is 1. The summed E-state index contributed by atoms with van der Waals surface area (Å²) in [4.78, 5) is 7.40. The van der Waals surface area contributed by atoms with E-state index >= 15 is 0 Å². The lowest BCUT2D eigenvalue weighted by atomic mass is 10.1. The quantitative estimate of drug-likeness (QED) is 0.325. The molecule has 6 nitrogen and oxygen atoms in total. The van der Waals surface area contributed by atoms with Gasteiger partial charge in [0.2, 0.25) is 0 Å². The SMILES string of the molecule is CCNC(=NCc1cccc(OC)c1OC1CCCC1)NCCCCN1CCCC1. The highest BCUT2D eigenvalue weighted by atomic mass is 16.5. The normalized spacial score (nSPS) is 18.0. The molecule has 0 aromatic heterocycles. The van der Waals surface area contributed by atoms with E-state index in [-0.39, 0.29) is 0 Å². The molecule has 1 aliphatic heterocycles. The number of aliphatic imine (C=N–C) groups is 1. The van der Waals surface area contributed by atoms with Crippen LogP contribution in [0.15, 0.2) is 23.2 Å². The summed E-state index contributed by atoms with van der Waals surface area (Å²) < 4.78 is 11.9. The third-order valence-electron chi connectivity index (χ3n) is 6.01. The summed E-state index contributed by atoms with van der Waals surface area (Å²) in [5.74, 6) is 2.53. The molecule has 1 aromatic carbocycles. The van der Waals surface area contributed by atoms with Crippen LogP contribution in [0.2, 0.25) is 0 Å². The van der Waals surface area contributed by atoms with Crippen molar-refractivity contribution in [2.24, 2.45) is 4.99 Å². The van der Waals surface area contributed by atoms with Crippen LogP contribution in [0, 0.1) is 0 Å². The molecule has 6 heteroatoms. The predicted molar refractivity (Wildman–Crippen MR) is 124 cm³/mol. The Bertz CT molecular complexity index is 653. The van der Waals surface area contributed by atoms with E-state index < -0.39 is 0 Å². The molecule has 0 radical (unpaired) electrons. The number of nitrogens with zero attached hydrogens (tertiary/aromatic N) is 2. The average molecular weight is 417 g/mol. The minimum absolute atomic E-state index is 0.297. The lowest BCUT2D eigenvalue weighted by Gasteiger charge is -2.19. The molecule has 1 saturated carbocycles. The monoisotopic (exact) mass is 416 g/mol. The van der Waals surface area contributed by atoms with Gasteiger partial charge in [0.25, 0.3) is 0 Å². The molecule has 3 rings (SSSR count). The lowest BCUT2D eigenvalue weighted by molar-refractivity contribution is 0.198. The summed E-state index contributed by atoms with van der Waals surface area (Å²) >= 11 is 0. The molecule has 1 saturated heterocycles. The second kappa shape index (κ2) is 12.7. The van der Waals surface area contributed by atoms with Crippen LogP contribution in [0.5, 0.6) is 11.5 Å². The summed E-state index contributed by atoms with van der Waals surface area (Å²) in [6, 6.07) is 6.08. The first kappa shape index (κ1) is 22.7. The summed E-state index contributed by atoms with van der Waals surface area (Å²) in [7, 11) is 1.71. The standard InChI is InChI=1S/C24H40N4O2/c1-3-25-24(26-15-6-7-16-28-17-8-9-18-28)27-19-20-11-10-14-22(29-2)23(20)30-21-12-4-5-13-21/h10-11,14,21H,3-9,12-13,15-19H2,1-2H3,(H2,25,26,27). The Balaban J connectivity index is 1.53. The second-order valence-electron chi connectivity index (χ2n) is 8.35. The fourth-order valence-electron chi connectivity index (χ4n) is 4.33. The first-order chi connectivity index (χ1) is 14.8. The number of benzene rings is 1. The van der Waals surface area contributed by atoms with E-state index in [1.807, 2.05) is 12.1 Å². The van der Waals surface area contributed by atoms with E-state index in [4.69, 9.17) is 14.5 Å². The number of hydrogen-bond donors (Lipinski definition) is 2. The number of likely N-dealkylation sites (tertiary alicyclic amines) is 1. The zero-order chi connectivity index (χ0) is 21.0. The third-order valence-corrected chi connectivity index (χ3v) is 6.01. The van der Waals surface area contributed by atoms with Gasteiger partial charge < -0.3 is 25.0 Å². The Morgan fingerprint density at radius 1 is 1.10 bits per heavy atom. The smallest absolute Gasteiger partial charge is 0.191 e. The number of guanidine groups is 1. The summed E-state index contributed by atoms with van der Waals surface area (Å²) in [6.07, 6.45) is 10.2. The summed E-state index contributed by atoms with van der Waals surface area (Å²) in [5.41, 5.74) is 1.08. The van der Waals surface area contributed by atoms with Crippen LogP contribution in [0.4, 0.5) is 0 Å². The van der Waals surface area contributed by atoms with Gasteiger partial charge in [-0.2, -0.15) is 0 Å². The Hall–Kier alpha value is -1.95. The van der Waals surface area contributed by atoms with Crippen molar-refractivity contribution in [3.63, 3.8) is 0 Å². The summed E-state index contributed by atoms with van der Waals surface area (Å²) in [6.45, 7) is 8.26. The molecular formula is C24H40N4O2. The fraction of sp³-hybridized carbons (Fsp3) is 0.708. The second-order valence-corrected chi connectivity index (χ2v) is 8.35. The van der Waals surface area contributed by atoms with Crippen LogP contribution in [0.1, 0.15) is 63.9 Å². The molecule has 0 unspecified atom stereocenters. The van der Waals surface area contributed by atoms with Crippen molar-refractivity contribution in [1.82, 2.24) is 15.5 Å². The zero-order valence-corrected chi connectivity index (χ0v) is 18.9. The van der Waals surface area contributed by atoms with Gasteiger partial charge in [0.05, 0.1) is 19.8 Å². The van der Waals surface area contributed by atoms with Crippen molar-refractivity contribution in [1.29, 1.82) is 0 Å². The molecule has 1 aromatic rings. The molecule has 2 fully saturated rings. The van der Waals surface area contributed by atoms with Crippen molar-refractivity contribution >= 4 is 5.96 Å². The molecular weight excluding hydrogens is 376 g/mol. The highest BCUT2D eigenvalue weighted by molar-refractivity contribution is 5.79. The van der Waals surface area contributed by atoms with Gasteiger partial charge in [-0.25, -0.2) is 4.99 Å². The van der Waals surface area contributed by atoms with Gasteiger partial charge in [0.1, 0.15) is 0 Å².